The van der Waals surface area contributed by atoms with Crippen molar-refractivity contribution >= 4 is 5.91 Å². The van der Waals surface area contributed by atoms with E-state index in [-0.39, 0.29) is 18.6 Å². The normalized spacial score (nSPS) is 21.6. The van der Waals surface area contributed by atoms with Gasteiger partial charge in [-0.15, -0.1) is 0 Å². The number of carbonyl (C=O) groups is 1. The van der Waals surface area contributed by atoms with Gasteiger partial charge in [-0.05, 0) is 31.7 Å². The Kier molecular flexibility index (Phi) is 5.35. The summed E-state index contributed by atoms with van der Waals surface area (Å²) in [4.78, 5) is 18.8. The predicted molar refractivity (Wildman–Crippen MR) is 81.7 cm³/mol. The van der Waals surface area contributed by atoms with Gasteiger partial charge < -0.3 is 10.0 Å². The first-order valence-electron chi connectivity index (χ1n) is 7.50. The van der Waals surface area contributed by atoms with Gasteiger partial charge >= 0.3 is 0 Å². The first-order chi connectivity index (χ1) is 10.1. The van der Waals surface area contributed by atoms with E-state index in [0.717, 1.165) is 13.0 Å². The summed E-state index contributed by atoms with van der Waals surface area (Å²) in [6.07, 6.45) is 5.87. The minimum Gasteiger partial charge on any atom is -0.395 e. The Hall–Kier alpha value is -1.86. The number of rotatable bonds is 2. The lowest BCUT2D eigenvalue weighted by Gasteiger charge is -2.38. The molecule has 2 atom stereocenters. The van der Waals surface area contributed by atoms with Gasteiger partial charge in [-0.1, -0.05) is 18.8 Å². The molecule has 2 heterocycles. The molecule has 0 spiro atoms. The number of aromatic nitrogens is 1. The SMILES string of the molecule is CC1CCCN(C(=O)c2ccncc2C#CCCO)C1C. The molecule has 0 bridgehead atoms. The van der Waals surface area contributed by atoms with Crippen LogP contribution in [0.1, 0.15) is 49.0 Å². The number of nitrogens with zero attached hydrogens (tertiary/aromatic N) is 2. The van der Waals surface area contributed by atoms with Gasteiger partial charge in [-0.3, -0.25) is 9.78 Å². The molecule has 1 N–H and O–H groups in total. The van der Waals surface area contributed by atoms with Gasteiger partial charge in [0.2, 0.25) is 0 Å². The summed E-state index contributed by atoms with van der Waals surface area (Å²) in [6.45, 7) is 5.13. The lowest BCUT2D eigenvalue weighted by atomic mass is 9.91. The zero-order chi connectivity index (χ0) is 15.2. The lowest BCUT2D eigenvalue weighted by Crippen LogP contribution is -2.46. The number of aliphatic hydroxyl groups excluding tert-OH is 1. The number of carbonyl (C=O) groups excluding carboxylic acids is 1. The topological polar surface area (TPSA) is 53.4 Å². The first kappa shape index (κ1) is 15.5. The molecule has 1 aliphatic heterocycles. The van der Waals surface area contributed by atoms with Crippen molar-refractivity contribution in [3.63, 3.8) is 0 Å². The van der Waals surface area contributed by atoms with E-state index in [4.69, 9.17) is 5.11 Å². The summed E-state index contributed by atoms with van der Waals surface area (Å²) in [5.41, 5.74) is 1.25. The van der Waals surface area contributed by atoms with Gasteiger partial charge in [0.25, 0.3) is 5.91 Å². The maximum absolute atomic E-state index is 12.8. The van der Waals surface area contributed by atoms with Crippen molar-refractivity contribution < 1.29 is 9.90 Å². The Balaban J connectivity index is 2.25. The molecule has 1 amide bonds. The maximum atomic E-state index is 12.8. The van der Waals surface area contributed by atoms with Crippen LogP contribution in [0, 0.1) is 17.8 Å². The van der Waals surface area contributed by atoms with E-state index in [2.05, 4.69) is 30.7 Å². The van der Waals surface area contributed by atoms with Crippen molar-refractivity contribution in [2.75, 3.05) is 13.2 Å². The molecular formula is C17H22N2O2. The second kappa shape index (κ2) is 7.24. The molecule has 1 aromatic rings. The molecule has 1 aliphatic rings. The van der Waals surface area contributed by atoms with Crippen LogP contribution in [0.5, 0.6) is 0 Å². The van der Waals surface area contributed by atoms with Crippen LogP contribution in [0.15, 0.2) is 18.5 Å². The number of likely N-dealkylation sites (tertiary alicyclic amines) is 1. The molecule has 2 rings (SSSR count). The molecule has 0 aliphatic carbocycles. The van der Waals surface area contributed by atoms with Crippen LogP contribution < -0.4 is 0 Å². The Bertz CT molecular complexity index is 559. The van der Waals surface area contributed by atoms with Crippen LogP contribution in [0.4, 0.5) is 0 Å². The standard InChI is InChI=1S/C17H22N2O2/c1-13-6-5-10-19(14(13)2)17(21)16-8-9-18-12-15(16)7-3-4-11-20/h8-9,12-14,20H,4-6,10-11H2,1-2H3. The van der Waals surface area contributed by atoms with Crippen molar-refractivity contribution in [1.29, 1.82) is 0 Å². The van der Waals surface area contributed by atoms with Crippen molar-refractivity contribution in [2.45, 2.75) is 39.2 Å². The Morgan fingerprint density at radius 2 is 2.33 bits per heavy atom. The Morgan fingerprint density at radius 1 is 1.52 bits per heavy atom. The minimum atomic E-state index is 0.0250. The molecule has 112 valence electrons. The summed E-state index contributed by atoms with van der Waals surface area (Å²) in [6, 6.07) is 1.98. The molecule has 4 heteroatoms. The van der Waals surface area contributed by atoms with E-state index in [9.17, 15) is 4.79 Å². The molecule has 1 fully saturated rings. The summed E-state index contributed by atoms with van der Waals surface area (Å²) < 4.78 is 0. The minimum absolute atomic E-state index is 0.0250. The average Bonchev–Trinajstić information content (AvgIpc) is 2.50. The number of aliphatic hydroxyl groups is 1. The van der Waals surface area contributed by atoms with Gasteiger partial charge in [-0.2, -0.15) is 0 Å². The van der Waals surface area contributed by atoms with E-state index in [1.807, 2.05) is 4.90 Å². The van der Waals surface area contributed by atoms with E-state index < -0.39 is 0 Å². The van der Waals surface area contributed by atoms with Crippen LogP contribution in [-0.2, 0) is 0 Å². The number of hydrogen-bond acceptors (Lipinski definition) is 3. The number of pyridine rings is 1. The van der Waals surface area contributed by atoms with Crippen molar-refractivity contribution in [3.05, 3.63) is 29.6 Å². The summed E-state index contributed by atoms with van der Waals surface area (Å²) in [5.74, 6) is 6.35. The number of piperidine rings is 1. The van der Waals surface area contributed by atoms with Crippen LogP contribution in [-0.4, -0.2) is 40.1 Å². The molecule has 0 radical (unpaired) electrons. The second-order valence-electron chi connectivity index (χ2n) is 5.56. The highest BCUT2D eigenvalue weighted by Gasteiger charge is 2.29. The van der Waals surface area contributed by atoms with Crippen LogP contribution >= 0.6 is 0 Å². The van der Waals surface area contributed by atoms with E-state index in [1.54, 1.807) is 18.5 Å². The van der Waals surface area contributed by atoms with Crippen LogP contribution in [0.3, 0.4) is 0 Å². The fourth-order valence-corrected chi connectivity index (χ4v) is 2.67. The third-order valence-corrected chi connectivity index (χ3v) is 4.15. The smallest absolute Gasteiger partial charge is 0.255 e. The van der Waals surface area contributed by atoms with Gasteiger partial charge in [0.1, 0.15) is 0 Å². The third-order valence-electron chi connectivity index (χ3n) is 4.15. The molecule has 21 heavy (non-hydrogen) atoms. The first-order valence-corrected chi connectivity index (χ1v) is 7.50. The number of hydrogen-bond donors (Lipinski definition) is 1. The largest absolute Gasteiger partial charge is 0.395 e. The fourth-order valence-electron chi connectivity index (χ4n) is 2.67. The molecule has 4 nitrogen and oxygen atoms in total. The molecule has 2 unspecified atom stereocenters. The van der Waals surface area contributed by atoms with Crippen LogP contribution in [0.2, 0.25) is 0 Å². The predicted octanol–water partition coefficient (Wildman–Crippen LogP) is 2.08. The molecule has 1 aromatic heterocycles. The van der Waals surface area contributed by atoms with Crippen molar-refractivity contribution in [2.24, 2.45) is 5.92 Å². The summed E-state index contributed by atoms with van der Waals surface area (Å²) in [7, 11) is 0. The monoisotopic (exact) mass is 286 g/mol. The van der Waals surface area contributed by atoms with Crippen LogP contribution in [0.25, 0.3) is 0 Å². The molecule has 1 saturated heterocycles. The highest BCUT2D eigenvalue weighted by Crippen LogP contribution is 2.25. The van der Waals surface area contributed by atoms with Gasteiger partial charge in [0, 0.05) is 31.4 Å². The quantitative estimate of drug-likeness (QED) is 0.847. The van der Waals surface area contributed by atoms with Gasteiger partial charge in [0.15, 0.2) is 0 Å². The Morgan fingerprint density at radius 3 is 3.10 bits per heavy atom. The summed E-state index contributed by atoms with van der Waals surface area (Å²) >= 11 is 0. The zero-order valence-electron chi connectivity index (χ0n) is 12.7. The van der Waals surface area contributed by atoms with E-state index in [1.165, 1.54) is 6.42 Å². The summed E-state index contributed by atoms with van der Waals surface area (Å²) in [5, 5.41) is 8.80. The zero-order valence-corrected chi connectivity index (χ0v) is 12.7. The second-order valence-corrected chi connectivity index (χ2v) is 5.56. The third kappa shape index (κ3) is 3.62. The van der Waals surface area contributed by atoms with E-state index >= 15 is 0 Å². The molecule has 0 aromatic carbocycles. The highest BCUT2D eigenvalue weighted by atomic mass is 16.2. The van der Waals surface area contributed by atoms with Gasteiger partial charge in [0.05, 0.1) is 17.7 Å². The van der Waals surface area contributed by atoms with Crippen molar-refractivity contribution in [1.82, 2.24) is 9.88 Å². The molecular weight excluding hydrogens is 264 g/mol. The highest BCUT2D eigenvalue weighted by molar-refractivity contribution is 5.96. The Labute approximate surface area is 126 Å². The number of amides is 1. The van der Waals surface area contributed by atoms with E-state index in [0.29, 0.717) is 23.5 Å². The lowest BCUT2D eigenvalue weighted by molar-refractivity contribution is 0.0550. The maximum Gasteiger partial charge on any atom is 0.255 e. The fraction of sp³-hybridized carbons (Fsp3) is 0.529. The average molecular weight is 286 g/mol. The van der Waals surface area contributed by atoms with Crippen molar-refractivity contribution in [3.8, 4) is 11.8 Å². The van der Waals surface area contributed by atoms with Gasteiger partial charge in [-0.25, -0.2) is 0 Å². The molecule has 0 saturated carbocycles.